The quantitative estimate of drug-likeness (QED) is 0.847. The second-order valence-electron chi connectivity index (χ2n) is 4.91. The van der Waals surface area contributed by atoms with Crippen molar-refractivity contribution in [1.82, 2.24) is 0 Å². The molecule has 100 valence electrons. The van der Waals surface area contributed by atoms with Crippen LogP contribution in [-0.2, 0) is 9.53 Å². The van der Waals surface area contributed by atoms with Crippen LogP contribution in [0.4, 0.5) is 5.69 Å². The van der Waals surface area contributed by atoms with Gasteiger partial charge in [0.1, 0.15) is 0 Å². The smallest absolute Gasteiger partial charge is 0.308 e. The Kier molecular flexibility index (Phi) is 4.40. The van der Waals surface area contributed by atoms with E-state index in [1.165, 1.54) is 7.11 Å². The molecule has 0 atom stereocenters. The molecule has 0 saturated heterocycles. The number of nitrogens with one attached hydrogen (secondary N) is 1. The summed E-state index contributed by atoms with van der Waals surface area (Å²) in [5.41, 5.74) is 1.69. The number of ether oxygens (including phenoxy) is 1. The first-order valence-electron chi connectivity index (χ1n) is 6.57. The highest BCUT2D eigenvalue weighted by Crippen LogP contribution is 2.27. The van der Waals surface area contributed by atoms with Crippen LogP contribution in [0.2, 0.25) is 0 Å². The molecule has 0 spiro atoms. The SMILES string of the molecule is COC(=O)C1CCC(Nc2ccc(C#N)cc2)CC1. The largest absolute Gasteiger partial charge is 0.469 e. The number of nitrogens with zero attached hydrogens (tertiary/aromatic N) is 1. The summed E-state index contributed by atoms with van der Waals surface area (Å²) < 4.78 is 4.78. The number of esters is 1. The third kappa shape index (κ3) is 3.47. The summed E-state index contributed by atoms with van der Waals surface area (Å²) >= 11 is 0. The zero-order valence-corrected chi connectivity index (χ0v) is 11.1. The zero-order chi connectivity index (χ0) is 13.7. The van der Waals surface area contributed by atoms with E-state index in [0.29, 0.717) is 11.6 Å². The van der Waals surface area contributed by atoms with Gasteiger partial charge in [0, 0.05) is 11.7 Å². The van der Waals surface area contributed by atoms with Gasteiger partial charge < -0.3 is 10.1 Å². The second-order valence-corrected chi connectivity index (χ2v) is 4.91. The molecule has 4 heteroatoms. The number of benzene rings is 1. The van der Waals surface area contributed by atoms with Gasteiger partial charge in [-0.05, 0) is 49.9 Å². The van der Waals surface area contributed by atoms with E-state index in [0.717, 1.165) is 31.4 Å². The second kappa shape index (κ2) is 6.24. The van der Waals surface area contributed by atoms with Crippen molar-refractivity contribution >= 4 is 11.7 Å². The van der Waals surface area contributed by atoms with Gasteiger partial charge in [0.15, 0.2) is 0 Å². The van der Waals surface area contributed by atoms with E-state index in [4.69, 9.17) is 10.00 Å². The average Bonchev–Trinajstić information content (AvgIpc) is 2.48. The number of carbonyl (C=O) groups excluding carboxylic acids is 1. The minimum absolute atomic E-state index is 0.0593. The highest BCUT2D eigenvalue weighted by atomic mass is 16.5. The van der Waals surface area contributed by atoms with Crippen molar-refractivity contribution in [1.29, 1.82) is 5.26 Å². The predicted octanol–water partition coefficient (Wildman–Crippen LogP) is 2.70. The van der Waals surface area contributed by atoms with Crippen molar-refractivity contribution in [2.24, 2.45) is 5.92 Å². The van der Waals surface area contributed by atoms with Gasteiger partial charge in [-0.3, -0.25) is 4.79 Å². The fourth-order valence-corrected chi connectivity index (χ4v) is 2.52. The van der Waals surface area contributed by atoms with Crippen LogP contribution in [0.3, 0.4) is 0 Å². The topological polar surface area (TPSA) is 62.1 Å². The van der Waals surface area contributed by atoms with Gasteiger partial charge in [-0.15, -0.1) is 0 Å². The molecule has 0 bridgehead atoms. The predicted molar refractivity (Wildman–Crippen MR) is 72.5 cm³/mol. The van der Waals surface area contributed by atoms with Gasteiger partial charge in [-0.2, -0.15) is 5.26 Å². The normalized spacial score (nSPS) is 22.3. The molecule has 1 aromatic rings. The third-order valence-corrected chi connectivity index (χ3v) is 3.65. The van der Waals surface area contributed by atoms with Crippen LogP contribution in [0, 0.1) is 17.2 Å². The maximum atomic E-state index is 11.4. The van der Waals surface area contributed by atoms with E-state index in [-0.39, 0.29) is 11.9 Å². The number of anilines is 1. The average molecular weight is 258 g/mol. The maximum absolute atomic E-state index is 11.4. The molecule has 19 heavy (non-hydrogen) atoms. The summed E-state index contributed by atoms with van der Waals surface area (Å²) in [5, 5.41) is 12.2. The summed E-state index contributed by atoms with van der Waals surface area (Å²) in [6.45, 7) is 0. The van der Waals surface area contributed by atoms with Crippen LogP contribution < -0.4 is 5.32 Å². The molecule has 1 fully saturated rings. The minimum Gasteiger partial charge on any atom is -0.469 e. The number of hydrogen-bond acceptors (Lipinski definition) is 4. The van der Waals surface area contributed by atoms with Crippen molar-refractivity contribution in [2.75, 3.05) is 12.4 Å². The Balaban J connectivity index is 1.85. The Morgan fingerprint density at radius 1 is 1.26 bits per heavy atom. The molecule has 1 aliphatic carbocycles. The zero-order valence-electron chi connectivity index (χ0n) is 11.1. The lowest BCUT2D eigenvalue weighted by Gasteiger charge is -2.28. The molecular weight excluding hydrogens is 240 g/mol. The van der Waals surface area contributed by atoms with Crippen molar-refractivity contribution in [3.63, 3.8) is 0 Å². The molecule has 0 aromatic heterocycles. The number of carbonyl (C=O) groups is 1. The van der Waals surface area contributed by atoms with Crippen molar-refractivity contribution in [3.8, 4) is 6.07 Å². The molecular formula is C15H18N2O2. The van der Waals surface area contributed by atoms with Crippen molar-refractivity contribution in [2.45, 2.75) is 31.7 Å². The fourth-order valence-electron chi connectivity index (χ4n) is 2.52. The summed E-state index contributed by atoms with van der Waals surface area (Å²) in [5.74, 6) is -0.0270. The Hall–Kier alpha value is -2.02. The van der Waals surface area contributed by atoms with E-state index >= 15 is 0 Å². The van der Waals surface area contributed by atoms with E-state index in [2.05, 4.69) is 11.4 Å². The van der Waals surface area contributed by atoms with Crippen LogP contribution in [0.1, 0.15) is 31.2 Å². The van der Waals surface area contributed by atoms with Crippen molar-refractivity contribution in [3.05, 3.63) is 29.8 Å². The van der Waals surface area contributed by atoms with Crippen LogP contribution in [0.25, 0.3) is 0 Å². The molecule has 4 nitrogen and oxygen atoms in total. The first-order chi connectivity index (χ1) is 9.22. The Morgan fingerprint density at radius 3 is 2.42 bits per heavy atom. The first-order valence-corrected chi connectivity index (χ1v) is 6.57. The molecule has 0 aliphatic heterocycles. The molecule has 0 unspecified atom stereocenters. The lowest BCUT2D eigenvalue weighted by Crippen LogP contribution is -2.29. The van der Waals surface area contributed by atoms with E-state index in [1.54, 1.807) is 0 Å². The number of nitriles is 1. The summed E-state index contributed by atoms with van der Waals surface area (Å²) in [6.07, 6.45) is 3.70. The van der Waals surface area contributed by atoms with Gasteiger partial charge in [-0.1, -0.05) is 0 Å². The summed E-state index contributed by atoms with van der Waals surface area (Å²) in [4.78, 5) is 11.4. The Bertz CT molecular complexity index is 468. The molecule has 0 radical (unpaired) electrons. The van der Waals surface area contributed by atoms with Gasteiger partial charge in [-0.25, -0.2) is 0 Å². The molecule has 1 aliphatic rings. The highest BCUT2D eigenvalue weighted by molar-refractivity contribution is 5.72. The molecule has 0 amide bonds. The van der Waals surface area contributed by atoms with E-state index in [9.17, 15) is 4.79 Å². The first kappa shape index (κ1) is 13.4. The monoisotopic (exact) mass is 258 g/mol. The fraction of sp³-hybridized carbons (Fsp3) is 0.467. The summed E-state index contributed by atoms with van der Waals surface area (Å²) in [6, 6.07) is 9.96. The van der Waals surface area contributed by atoms with Gasteiger partial charge in [0.25, 0.3) is 0 Å². The minimum atomic E-state index is -0.0863. The Labute approximate surface area is 113 Å². The number of hydrogen-bond donors (Lipinski definition) is 1. The van der Waals surface area contributed by atoms with Gasteiger partial charge >= 0.3 is 5.97 Å². The summed E-state index contributed by atoms with van der Waals surface area (Å²) in [7, 11) is 1.45. The standard InChI is InChI=1S/C15H18N2O2/c1-19-15(18)12-4-8-14(9-5-12)17-13-6-2-11(10-16)3-7-13/h2-3,6-7,12,14,17H,4-5,8-9H2,1H3. The lowest BCUT2D eigenvalue weighted by atomic mass is 9.86. The van der Waals surface area contributed by atoms with Gasteiger partial charge in [0.2, 0.25) is 0 Å². The van der Waals surface area contributed by atoms with Crippen LogP contribution in [-0.4, -0.2) is 19.1 Å². The number of rotatable bonds is 3. The number of methoxy groups -OCH3 is 1. The van der Waals surface area contributed by atoms with Crippen LogP contribution in [0.5, 0.6) is 0 Å². The maximum Gasteiger partial charge on any atom is 0.308 e. The van der Waals surface area contributed by atoms with Crippen LogP contribution >= 0.6 is 0 Å². The molecule has 1 N–H and O–H groups in total. The third-order valence-electron chi connectivity index (χ3n) is 3.65. The van der Waals surface area contributed by atoms with Crippen LogP contribution in [0.15, 0.2) is 24.3 Å². The van der Waals surface area contributed by atoms with E-state index < -0.39 is 0 Å². The van der Waals surface area contributed by atoms with E-state index in [1.807, 2.05) is 24.3 Å². The molecule has 0 heterocycles. The van der Waals surface area contributed by atoms with Gasteiger partial charge in [0.05, 0.1) is 24.7 Å². The Morgan fingerprint density at radius 2 is 1.89 bits per heavy atom. The molecule has 1 saturated carbocycles. The highest BCUT2D eigenvalue weighted by Gasteiger charge is 2.26. The lowest BCUT2D eigenvalue weighted by molar-refractivity contribution is -0.146. The molecule has 2 rings (SSSR count). The molecule has 1 aromatic carbocycles. The van der Waals surface area contributed by atoms with Crippen molar-refractivity contribution < 1.29 is 9.53 Å².